The van der Waals surface area contributed by atoms with Crippen molar-refractivity contribution >= 4 is 93.7 Å². The molecule has 2 aromatic heterocycles. The van der Waals surface area contributed by atoms with Gasteiger partial charge in [0.25, 0.3) is 0 Å². The largest absolute Gasteiger partial charge is 0.309 e. The maximum Gasteiger partial charge on any atom is 0.171 e. The summed E-state index contributed by atoms with van der Waals surface area (Å²) in [5.41, 5.74) is 6.25. The molecule has 9 aromatic carbocycles. The molecule has 0 saturated heterocycles. The number of aromatic nitrogens is 2. The number of nitrogens with zero attached hydrogens (tertiary/aromatic N) is 2. The number of fused-ring (bicyclic) bond motifs is 13. The van der Waals surface area contributed by atoms with Gasteiger partial charge in [0, 0.05) is 32.1 Å². The SMILES string of the molecule is O=P(c1ccccc1)(c1ccccc1)c1ccc2c(c1)c1c3ccccc3ccc1c1nc3cc(-c4cccc5c4ccc4ccccc45)ccc3n21. The fraction of sp³-hybridized carbons (Fsp3) is 0. The molecule has 11 rings (SSSR count). The summed E-state index contributed by atoms with van der Waals surface area (Å²) in [7, 11) is -3.21. The van der Waals surface area contributed by atoms with Crippen molar-refractivity contribution in [2.45, 2.75) is 0 Å². The zero-order valence-corrected chi connectivity index (χ0v) is 29.5. The van der Waals surface area contributed by atoms with Crippen LogP contribution in [0.15, 0.2) is 188 Å². The van der Waals surface area contributed by atoms with Crippen LogP contribution in [-0.2, 0) is 4.57 Å². The Kier molecular flexibility index (Phi) is 6.53. The predicted octanol–water partition coefficient (Wildman–Crippen LogP) is 11.6. The van der Waals surface area contributed by atoms with E-state index in [4.69, 9.17) is 4.98 Å². The second-order valence-corrected chi connectivity index (χ2v) is 16.6. The molecule has 0 fully saturated rings. The van der Waals surface area contributed by atoms with Crippen molar-refractivity contribution in [2.24, 2.45) is 0 Å². The Morgan fingerprint density at radius 2 is 1.04 bits per heavy atom. The van der Waals surface area contributed by atoms with Crippen molar-refractivity contribution in [3.8, 4) is 11.1 Å². The number of benzene rings is 9. The number of pyridine rings is 1. The number of rotatable bonds is 4. The molecular formula is C49H31N2OP. The van der Waals surface area contributed by atoms with Crippen LogP contribution in [0.3, 0.4) is 0 Å². The van der Waals surface area contributed by atoms with Crippen LogP contribution in [0.5, 0.6) is 0 Å². The highest BCUT2D eigenvalue weighted by molar-refractivity contribution is 7.85. The molecule has 53 heavy (non-hydrogen) atoms. The van der Waals surface area contributed by atoms with Crippen LogP contribution in [-0.4, -0.2) is 9.38 Å². The molecule has 0 spiro atoms. The third-order valence-corrected chi connectivity index (χ3v) is 14.1. The summed E-state index contributed by atoms with van der Waals surface area (Å²) in [6.45, 7) is 0. The van der Waals surface area contributed by atoms with E-state index < -0.39 is 7.14 Å². The molecule has 0 N–H and O–H groups in total. The second-order valence-electron chi connectivity index (χ2n) is 13.9. The Morgan fingerprint density at radius 1 is 0.415 bits per heavy atom. The highest BCUT2D eigenvalue weighted by Crippen LogP contribution is 2.45. The van der Waals surface area contributed by atoms with Crippen molar-refractivity contribution in [1.29, 1.82) is 0 Å². The minimum absolute atomic E-state index is 0.811. The van der Waals surface area contributed by atoms with Crippen LogP contribution < -0.4 is 15.9 Å². The molecule has 4 heteroatoms. The van der Waals surface area contributed by atoms with E-state index in [0.717, 1.165) is 70.6 Å². The van der Waals surface area contributed by atoms with E-state index in [1.54, 1.807) is 0 Å². The van der Waals surface area contributed by atoms with Crippen LogP contribution in [0.1, 0.15) is 0 Å². The van der Waals surface area contributed by atoms with Gasteiger partial charge in [-0.15, -0.1) is 0 Å². The van der Waals surface area contributed by atoms with Crippen LogP contribution in [0.4, 0.5) is 0 Å². The molecule has 0 radical (unpaired) electrons. The molecule has 0 aliphatic rings. The zero-order valence-electron chi connectivity index (χ0n) is 28.6. The average Bonchev–Trinajstić information content (AvgIpc) is 3.62. The standard InChI is InChI=1S/C49H31N2OP/c52-53(35-14-3-1-4-15-35,36-16-5-2-6-17-36)37-25-29-46-44(31-37)48-40-19-10-8-13-33(40)23-27-43(48)49-50-45-30-34(24-28-47(45)51(46)49)39-20-11-21-41-38-18-9-7-12-32(38)22-26-42(39)41/h1-31H. The van der Waals surface area contributed by atoms with E-state index in [9.17, 15) is 0 Å². The van der Waals surface area contributed by atoms with Gasteiger partial charge >= 0.3 is 0 Å². The van der Waals surface area contributed by atoms with Gasteiger partial charge in [0.15, 0.2) is 7.14 Å². The quantitative estimate of drug-likeness (QED) is 0.136. The maximum atomic E-state index is 15.6. The van der Waals surface area contributed by atoms with Crippen LogP contribution in [0, 0.1) is 0 Å². The summed E-state index contributed by atoms with van der Waals surface area (Å²) in [5.74, 6) is 0. The van der Waals surface area contributed by atoms with E-state index in [2.05, 4.69) is 132 Å². The van der Waals surface area contributed by atoms with E-state index in [0.29, 0.717) is 0 Å². The maximum absolute atomic E-state index is 15.6. The van der Waals surface area contributed by atoms with Crippen molar-refractivity contribution in [1.82, 2.24) is 9.38 Å². The van der Waals surface area contributed by atoms with Gasteiger partial charge in [-0.1, -0.05) is 152 Å². The first-order chi connectivity index (χ1) is 26.2. The van der Waals surface area contributed by atoms with Crippen LogP contribution in [0.25, 0.3) is 81.8 Å². The van der Waals surface area contributed by atoms with E-state index >= 15 is 4.57 Å². The van der Waals surface area contributed by atoms with Gasteiger partial charge < -0.3 is 4.57 Å². The first kappa shape index (κ1) is 30.1. The normalized spacial score (nSPS) is 12.2. The summed E-state index contributed by atoms with van der Waals surface area (Å²) < 4.78 is 17.9. The molecule has 0 aliphatic heterocycles. The summed E-state index contributed by atoms with van der Waals surface area (Å²) in [4.78, 5) is 5.39. The van der Waals surface area contributed by atoms with Crippen molar-refractivity contribution in [3.05, 3.63) is 188 Å². The Balaban J connectivity index is 1.21. The molecule has 0 saturated carbocycles. The average molecular weight is 695 g/mol. The predicted molar refractivity (Wildman–Crippen MR) is 225 cm³/mol. The van der Waals surface area contributed by atoms with E-state index in [1.807, 2.05) is 60.7 Å². The van der Waals surface area contributed by atoms with Gasteiger partial charge in [-0.3, -0.25) is 4.40 Å². The van der Waals surface area contributed by atoms with E-state index in [1.165, 1.54) is 27.1 Å². The van der Waals surface area contributed by atoms with Gasteiger partial charge in [0.2, 0.25) is 0 Å². The Morgan fingerprint density at radius 3 is 1.79 bits per heavy atom. The van der Waals surface area contributed by atoms with Gasteiger partial charge in [-0.25, -0.2) is 4.98 Å². The van der Waals surface area contributed by atoms with E-state index in [-0.39, 0.29) is 0 Å². The topological polar surface area (TPSA) is 34.4 Å². The fourth-order valence-electron chi connectivity index (χ4n) is 8.55. The summed E-state index contributed by atoms with van der Waals surface area (Å²) in [6, 6.07) is 65.5. The molecule has 0 amide bonds. The molecule has 11 aromatic rings. The molecule has 3 nitrogen and oxygen atoms in total. The first-order valence-corrected chi connectivity index (χ1v) is 19.7. The summed E-state index contributed by atoms with van der Waals surface area (Å²) >= 11 is 0. The molecular weight excluding hydrogens is 664 g/mol. The monoisotopic (exact) mass is 694 g/mol. The number of hydrogen-bond donors (Lipinski definition) is 0. The smallest absolute Gasteiger partial charge is 0.171 e. The lowest BCUT2D eigenvalue weighted by Crippen LogP contribution is -2.25. The minimum Gasteiger partial charge on any atom is -0.309 e. The molecule has 0 aliphatic carbocycles. The Labute approximate surface area is 305 Å². The third-order valence-electron chi connectivity index (χ3n) is 11.0. The van der Waals surface area contributed by atoms with Gasteiger partial charge in [-0.05, 0) is 79.8 Å². The molecule has 0 unspecified atom stereocenters. The van der Waals surface area contributed by atoms with Crippen LogP contribution in [0.2, 0.25) is 0 Å². The molecule has 0 atom stereocenters. The van der Waals surface area contributed by atoms with Crippen LogP contribution >= 0.6 is 7.14 Å². The molecule has 248 valence electrons. The highest BCUT2D eigenvalue weighted by atomic mass is 31.2. The molecule has 0 bridgehead atoms. The number of hydrogen-bond acceptors (Lipinski definition) is 2. The van der Waals surface area contributed by atoms with Gasteiger partial charge in [0.1, 0.15) is 5.65 Å². The zero-order chi connectivity index (χ0) is 35.1. The first-order valence-electron chi connectivity index (χ1n) is 18.0. The highest BCUT2D eigenvalue weighted by Gasteiger charge is 2.30. The third kappa shape index (κ3) is 4.41. The van der Waals surface area contributed by atoms with Crippen molar-refractivity contribution < 1.29 is 4.57 Å². The van der Waals surface area contributed by atoms with Gasteiger partial charge in [0.05, 0.1) is 16.6 Å². The lowest BCUT2D eigenvalue weighted by atomic mass is 9.94. The van der Waals surface area contributed by atoms with Crippen molar-refractivity contribution in [3.63, 3.8) is 0 Å². The Bertz CT molecular complexity index is 3270. The molecule has 2 heterocycles. The summed E-state index contributed by atoms with van der Waals surface area (Å²) in [6.07, 6.45) is 0. The van der Waals surface area contributed by atoms with Crippen molar-refractivity contribution in [2.75, 3.05) is 0 Å². The van der Waals surface area contributed by atoms with Gasteiger partial charge in [-0.2, -0.15) is 0 Å². The lowest BCUT2D eigenvalue weighted by molar-refractivity contribution is 0.592. The minimum atomic E-state index is -3.21. The lowest BCUT2D eigenvalue weighted by Gasteiger charge is -2.21. The fourth-order valence-corrected chi connectivity index (χ4v) is 11.2. The second kappa shape index (κ2) is 11.5. The Hall–Kier alpha value is -6.54. The summed E-state index contributed by atoms with van der Waals surface area (Å²) in [5, 5.41) is 13.0. The number of imidazole rings is 1.